The molecule has 1 saturated heterocycles. The third kappa shape index (κ3) is 6.79. The van der Waals surface area contributed by atoms with E-state index in [1.165, 1.54) is 31.2 Å². The van der Waals surface area contributed by atoms with Crippen LogP contribution in [0.5, 0.6) is 0 Å². The van der Waals surface area contributed by atoms with Gasteiger partial charge in [-0.05, 0) is 74.3 Å². The fourth-order valence-electron chi connectivity index (χ4n) is 4.59. The van der Waals surface area contributed by atoms with Crippen molar-refractivity contribution in [2.45, 2.75) is 56.9 Å². The number of amides is 1. The van der Waals surface area contributed by atoms with E-state index < -0.39 is 27.5 Å². The number of nitrogens with zero attached hydrogens (tertiary/aromatic N) is 1. The standard InChI is InChI=1S/C25H31ClF3N3O3S/c1-4-36(34,35)23-16(2)10-20(26)11-19(23)13-31-24(33)17-7-8-18(22(12-17)25(27,28)29)14-32-9-5-6-21(15-32)30-3/h7-8,10-12,21,30H,4-6,9,13-15H2,1-3H3,(H,31,33)/t21-/m0/s1. The summed E-state index contributed by atoms with van der Waals surface area (Å²) in [6.45, 7) is 4.41. The van der Waals surface area contributed by atoms with Crippen molar-refractivity contribution in [2.75, 3.05) is 25.9 Å². The topological polar surface area (TPSA) is 78.5 Å². The summed E-state index contributed by atoms with van der Waals surface area (Å²) in [5.74, 6) is -0.878. The number of hydrogen-bond acceptors (Lipinski definition) is 5. The van der Waals surface area contributed by atoms with Gasteiger partial charge in [-0.2, -0.15) is 13.2 Å². The maximum Gasteiger partial charge on any atom is 0.416 e. The highest BCUT2D eigenvalue weighted by Gasteiger charge is 2.35. The first-order chi connectivity index (χ1) is 16.9. The second-order valence-electron chi connectivity index (χ2n) is 9.03. The van der Waals surface area contributed by atoms with E-state index in [1.807, 2.05) is 11.9 Å². The second kappa shape index (κ2) is 11.5. The molecule has 0 spiro atoms. The Morgan fingerprint density at radius 3 is 2.56 bits per heavy atom. The molecule has 0 aromatic heterocycles. The van der Waals surface area contributed by atoms with Crippen molar-refractivity contribution < 1.29 is 26.4 Å². The predicted molar refractivity (Wildman–Crippen MR) is 134 cm³/mol. The third-order valence-corrected chi connectivity index (χ3v) is 8.62. The van der Waals surface area contributed by atoms with Gasteiger partial charge < -0.3 is 10.6 Å². The van der Waals surface area contributed by atoms with Gasteiger partial charge in [0.25, 0.3) is 5.91 Å². The molecule has 2 aromatic carbocycles. The monoisotopic (exact) mass is 545 g/mol. The number of carbonyl (C=O) groups excluding carboxylic acids is 1. The van der Waals surface area contributed by atoms with E-state index in [0.717, 1.165) is 18.9 Å². The SMILES string of the molecule is CCS(=O)(=O)c1c(C)cc(Cl)cc1CNC(=O)c1ccc(CN2CCC[C@H](NC)C2)c(C(F)(F)F)c1. The van der Waals surface area contributed by atoms with Crippen LogP contribution in [0.2, 0.25) is 5.02 Å². The van der Waals surface area contributed by atoms with E-state index in [4.69, 9.17) is 11.6 Å². The van der Waals surface area contributed by atoms with Crippen LogP contribution >= 0.6 is 11.6 Å². The van der Waals surface area contributed by atoms with Crippen LogP contribution in [0.25, 0.3) is 0 Å². The molecule has 2 N–H and O–H groups in total. The van der Waals surface area contributed by atoms with Gasteiger partial charge in [-0.3, -0.25) is 9.69 Å². The fourth-order valence-corrected chi connectivity index (χ4v) is 6.26. The smallest absolute Gasteiger partial charge is 0.348 e. The molecular formula is C25H31ClF3N3O3S. The molecule has 1 aliphatic rings. The van der Waals surface area contributed by atoms with Crippen molar-refractivity contribution in [3.63, 3.8) is 0 Å². The number of carbonyl (C=O) groups is 1. The number of aryl methyl sites for hydroxylation is 1. The minimum atomic E-state index is -4.63. The van der Waals surface area contributed by atoms with Gasteiger partial charge in [0.2, 0.25) is 0 Å². The Hall–Kier alpha value is -2.14. The molecule has 36 heavy (non-hydrogen) atoms. The van der Waals surface area contributed by atoms with Crippen molar-refractivity contribution in [2.24, 2.45) is 0 Å². The highest BCUT2D eigenvalue weighted by Crippen LogP contribution is 2.34. The average Bonchev–Trinajstić information content (AvgIpc) is 2.81. The molecule has 1 amide bonds. The van der Waals surface area contributed by atoms with Gasteiger partial charge in [-0.25, -0.2) is 8.42 Å². The summed E-state index contributed by atoms with van der Waals surface area (Å²) < 4.78 is 66.9. The first-order valence-corrected chi connectivity index (χ1v) is 13.8. The number of benzene rings is 2. The van der Waals surface area contributed by atoms with Gasteiger partial charge in [0.05, 0.1) is 16.2 Å². The van der Waals surface area contributed by atoms with E-state index in [9.17, 15) is 26.4 Å². The van der Waals surface area contributed by atoms with E-state index in [1.54, 1.807) is 6.92 Å². The van der Waals surface area contributed by atoms with Gasteiger partial charge in [-0.1, -0.05) is 24.6 Å². The maximum absolute atomic E-state index is 13.9. The highest BCUT2D eigenvalue weighted by molar-refractivity contribution is 7.91. The summed E-state index contributed by atoms with van der Waals surface area (Å²) in [6, 6.07) is 6.76. The number of nitrogens with one attached hydrogen (secondary N) is 2. The number of piperidine rings is 1. The number of likely N-dealkylation sites (tertiary alicyclic amines) is 1. The average molecular weight is 546 g/mol. The van der Waals surface area contributed by atoms with Crippen LogP contribution in [0.15, 0.2) is 35.2 Å². The molecular weight excluding hydrogens is 515 g/mol. The molecule has 1 aliphatic heterocycles. The van der Waals surface area contributed by atoms with Crippen LogP contribution in [0.4, 0.5) is 13.2 Å². The van der Waals surface area contributed by atoms with Crippen molar-refractivity contribution in [1.29, 1.82) is 0 Å². The molecule has 0 radical (unpaired) electrons. The van der Waals surface area contributed by atoms with E-state index in [2.05, 4.69) is 10.6 Å². The Labute approximate surface area is 215 Å². The largest absolute Gasteiger partial charge is 0.416 e. The molecule has 11 heteroatoms. The summed E-state index contributed by atoms with van der Waals surface area (Å²) in [4.78, 5) is 14.9. The molecule has 1 atom stereocenters. The van der Waals surface area contributed by atoms with E-state index in [-0.39, 0.29) is 46.5 Å². The summed E-state index contributed by atoms with van der Waals surface area (Å²) in [5.41, 5.74) is -0.175. The number of halogens is 4. The van der Waals surface area contributed by atoms with Crippen molar-refractivity contribution in [3.8, 4) is 0 Å². The number of hydrogen-bond donors (Lipinski definition) is 2. The first kappa shape index (κ1) is 28.4. The van der Waals surface area contributed by atoms with Gasteiger partial charge in [0.1, 0.15) is 0 Å². The number of rotatable bonds is 8. The maximum atomic E-state index is 13.9. The van der Waals surface area contributed by atoms with E-state index in [0.29, 0.717) is 23.7 Å². The van der Waals surface area contributed by atoms with Gasteiger partial charge in [0.15, 0.2) is 9.84 Å². The number of likely N-dealkylation sites (N-methyl/N-ethyl adjacent to an activating group) is 1. The zero-order chi connectivity index (χ0) is 26.7. The summed E-state index contributed by atoms with van der Waals surface area (Å²) >= 11 is 6.09. The minimum Gasteiger partial charge on any atom is -0.348 e. The molecule has 2 aromatic rings. The zero-order valence-electron chi connectivity index (χ0n) is 20.5. The Morgan fingerprint density at radius 1 is 1.19 bits per heavy atom. The third-order valence-electron chi connectivity index (χ3n) is 6.43. The van der Waals surface area contributed by atoms with Crippen molar-refractivity contribution >= 4 is 27.3 Å². The molecule has 0 bridgehead atoms. The Kier molecular flexibility index (Phi) is 9.08. The molecule has 1 heterocycles. The number of sulfone groups is 1. The van der Waals surface area contributed by atoms with Crippen LogP contribution in [-0.4, -0.2) is 51.2 Å². The summed E-state index contributed by atoms with van der Waals surface area (Å²) in [6.07, 6.45) is -2.76. The van der Waals surface area contributed by atoms with Crippen LogP contribution in [0.3, 0.4) is 0 Å². The van der Waals surface area contributed by atoms with Crippen LogP contribution in [-0.2, 0) is 29.1 Å². The number of alkyl halides is 3. The van der Waals surface area contributed by atoms with Crippen molar-refractivity contribution in [1.82, 2.24) is 15.5 Å². The lowest BCUT2D eigenvalue weighted by Gasteiger charge is -2.33. The lowest BCUT2D eigenvalue weighted by Crippen LogP contribution is -2.44. The van der Waals surface area contributed by atoms with Gasteiger partial charge in [0, 0.05) is 36.3 Å². The first-order valence-electron chi connectivity index (χ1n) is 11.8. The summed E-state index contributed by atoms with van der Waals surface area (Å²) in [7, 11) is -1.77. The fraction of sp³-hybridized carbons (Fsp3) is 0.480. The van der Waals surface area contributed by atoms with E-state index >= 15 is 0 Å². The Morgan fingerprint density at radius 2 is 1.92 bits per heavy atom. The normalized spacial score (nSPS) is 17.2. The molecule has 0 saturated carbocycles. The van der Waals surface area contributed by atoms with Crippen LogP contribution < -0.4 is 10.6 Å². The van der Waals surface area contributed by atoms with Crippen molar-refractivity contribution in [3.05, 3.63) is 63.2 Å². The highest BCUT2D eigenvalue weighted by atomic mass is 35.5. The molecule has 0 aliphatic carbocycles. The van der Waals surface area contributed by atoms with Crippen LogP contribution in [0, 0.1) is 6.92 Å². The molecule has 1 fully saturated rings. The lowest BCUT2D eigenvalue weighted by molar-refractivity contribution is -0.138. The quantitative estimate of drug-likeness (QED) is 0.508. The molecule has 198 valence electrons. The Bertz CT molecular complexity index is 1220. The summed E-state index contributed by atoms with van der Waals surface area (Å²) in [5, 5.41) is 6.03. The lowest BCUT2D eigenvalue weighted by atomic mass is 10.00. The molecule has 0 unspecified atom stereocenters. The van der Waals surface area contributed by atoms with Crippen LogP contribution in [0.1, 0.15) is 52.4 Å². The zero-order valence-corrected chi connectivity index (χ0v) is 22.1. The minimum absolute atomic E-state index is 0.0717. The van der Waals surface area contributed by atoms with Gasteiger partial charge in [-0.15, -0.1) is 0 Å². The van der Waals surface area contributed by atoms with Gasteiger partial charge >= 0.3 is 6.18 Å². The molecule has 6 nitrogen and oxygen atoms in total. The second-order valence-corrected chi connectivity index (χ2v) is 11.7. The molecule has 3 rings (SSSR count). The predicted octanol–water partition coefficient (Wildman–Crippen LogP) is 4.57. The Balaban J connectivity index is 1.83.